The highest BCUT2D eigenvalue weighted by Gasteiger charge is 2.27. The van der Waals surface area contributed by atoms with Crippen LogP contribution in [0.4, 0.5) is 4.79 Å². The van der Waals surface area contributed by atoms with E-state index in [1.807, 2.05) is 20.8 Å². The molecule has 2 rings (SSSR count). The van der Waals surface area contributed by atoms with Gasteiger partial charge in [-0.25, -0.2) is 4.79 Å². The molecule has 0 aromatic carbocycles. The van der Waals surface area contributed by atoms with Gasteiger partial charge in [-0.15, -0.1) is 0 Å². The molecule has 128 valence electrons. The van der Waals surface area contributed by atoms with Crippen molar-refractivity contribution in [3.63, 3.8) is 0 Å². The first-order valence-electron chi connectivity index (χ1n) is 7.59. The number of rotatable bonds is 3. The summed E-state index contributed by atoms with van der Waals surface area (Å²) in [5, 5.41) is 7.42. The second-order valence-corrected chi connectivity index (χ2v) is 7.34. The zero-order chi connectivity index (χ0) is 17.2. The number of carbonyl (C=O) groups is 2. The van der Waals surface area contributed by atoms with Gasteiger partial charge in [0.2, 0.25) is 0 Å². The summed E-state index contributed by atoms with van der Waals surface area (Å²) >= 11 is 2.22. The van der Waals surface area contributed by atoms with E-state index in [0.29, 0.717) is 29.8 Å². The first-order chi connectivity index (χ1) is 10.7. The molecule has 0 unspecified atom stereocenters. The standard InChI is InChI=1S/C15H23IN4O3/c1-15(2,3)23-14(22)19(4)9-10-11(8-16)18-20-7-5-6-17-13(21)12(10)20/h5-9H2,1-4H3,(H,17,21). The first-order valence-corrected chi connectivity index (χ1v) is 9.12. The molecule has 1 aromatic rings. The van der Waals surface area contributed by atoms with Crippen molar-refractivity contribution in [3.8, 4) is 0 Å². The molecule has 1 aliphatic heterocycles. The lowest BCUT2D eigenvalue weighted by atomic mass is 10.1. The van der Waals surface area contributed by atoms with E-state index in [0.717, 1.165) is 17.7 Å². The zero-order valence-corrected chi connectivity index (χ0v) is 16.1. The van der Waals surface area contributed by atoms with Crippen LogP contribution in [0.5, 0.6) is 0 Å². The first kappa shape index (κ1) is 18.0. The number of halogens is 1. The van der Waals surface area contributed by atoms with Crippen LogP contribution in [0.3, 0.4) is 0 Å². The van der Waals surface area contributed by atoms with E-state index in [9.17, 15) is 9.59 Å². The fourth-order valence-corrected chi connectivity index (χ4v) is 3.01. The van der Waals surface area contributed by atoms with Crippen LogP contribution >= 0.6 is 22.6 Å². The molecule has 1 aliphatic rings. The summed E-state index contributed by atoms with van der Waals surface area (Å²) in [4.78, 5) is 26.0. The second-order valence-electron chi connectivity index (χ2n) is 6.58. The minimum atomic E-state index is -0.551. The molecule has 0 saturated carbocycles. The number of amides is 2. The SMILES string of the molecule is CN(Cc1c(CI)nn2c1C(=O)NCCC2)C(=O)OC(C)(C)C. The molecule has 0 saturated heterocycles. The second kappa shape index (κ2) is 7.06. The Morgan fingerprint density at radius 3 is 2.78 bits per heavy atom. The van der Waals surface area contributed by atoms with E-state index >= 15 is 0 Å². The number of nitrogens with one attached hydrogen (secondary N) is 1. The number of nitrogens with zero attached hydrogens (tertiary/aromatic N) is 3. The Balaban J connectivity index is 2.27. The summed E-state index contributed by atoms with van der Waals surface area (Å²) in [7, 11) is 1.67. The fourth-order valence-electron chi connectivity index (χ4n) is 2.39. The Labute approximate surface area is 149 Å². The minimum Gasteiger partial charge on any atom is -0.444 e. The zero-order valence-electron chi connectivity index (χ0n) is 14.0. The van der Waals surface area contributed by atoms with Gasteiger partial charge in [-0.2, -0.15) is 5.10 Å². The molecule has 1 N–H and O–H groups in total. The lowest BCUT2D eigenvalue weighted by Gasteiger charge is -2.24. The van der Waals surface area contributed by atoms with Crippen molar-refractivity contribution in [2.45, 2.75) is 50.3 Å². The Bertz CT molecular complexity index is 607. The maximum atomic E-state index is 12.3. The van der Waals surface area contributed by atoms with Crippen molar-refractivity contribution in [1.29, 1.82) is 0 Å². The van der Waals surface area contributed by atoms with E-state index in [4.69, 9.17) is 4.74 Å². The number of fused-ring (bicyclic) bond motifs is 1. The van der Waals surface area contributed by atoms with Gasteiger partial charge in [0.25, 0.3) is 5.91 Å². The molecule has 0 aliphatic carbocycles. The van der Waals surface area contributed by atoms with Crippen molar-refractivity contribution >= 4 is 34.6 Å². The lowest BCUT2D eigenvalue weighted by molar-refractivity contribution is 0.0284. The summed E-state index contributed by atoms with van der Waals surface area (Å²) in [5.74, 6) is -0.126. The van der Waals surface area contributed by atoms with Gasteiger partial charge in [0.1, 0.15) is 11.3 Å². The van der Waals surface area contributed by atoms with Gasteiger partial charge in [0.05, 0.1) is 12.2 Å². The number of ether oxygens (including phenoxy) is 1. The summed E-state index contributed by atoms with van der Waals surface area (Å²) < 4.78 is 7.82. The highest BCUT2D eigenvalue weighted by molar-refractivity contribution is 14.1. The molecule has 2 heterocycles. The van der Waals surface area contributed by atoms with Crippen molar-refractivity contribution in [3.05, 3.63) is 17.0 Å². The fraction of sp³-hybridized carbons (Fsp3) is 0.667. The Hall–Kier alpha value is -1.32. The summed E-state index contributed by atoms with van der Waals surface area (Å²) in [6.07, 6.45) is 0.438. The third kappa shape index (κ3) is 4.36. The molecule has 2 amide bonds. The number of hydrogen-bond donors (Lipinski definition) is 1. The topological polar surface area (TPSA) is 76.5 Å². The summed E-state index contributed by atoms with van der Waals surface area (Å²) in [5.41, 5.74) is 1.65. The Morgan fingerprint density at radius 2 is 2.17 bits per heavy atom. The average molecular weight is 434 g/mol. The van der Waals surface area contributed by atoms with Crippen molar-refractivity contribution in [1.82, 2.24) is 20.0 Å². The van der Waals surface area contributed by atoms with Crippen LogP contribution in [0.15, 0.2) is 0 Å². The molecular weight excluding hydrogens is 411 g/mol. The molecule has 0 bridgehead atoms. The van der Waals surface area contributed by atoms with E-state index < -0.39 is 11.7 Å². The highest BCUT2D eigenvalue weighted by atomic mass is 127. The average Bonchev–Trinajstić information content (AvgIpc) is 2.68. The van der Waals surface area contributed by atoms with Crippen LogP contribution in [-0.4, -0.2) is 45.9 Å². The summed E-state index contributed by atoms with van der Waals surface area (Å²) in [6, 6.07) is 0. The smallest absolute Gasteiger partial charge is 0.410 e. The molecule has 8 heteroatoms. The predicted octanol–water partition coefficient (Wildman–Crippen LogP) is 2.32. The number of aromatic nitrogens is 2. The molecule has 0 spiro atoms. The largest absolute Gasteiger partial charge is 0.444 e. The number of hydrogen-bond acceptors (Lipinski definition) is 4. The summed E-state index contributed by atoms with van der Waals surface area (Å²) in [6.45, 7) is 7.13. The molecule has 0 fully saturated rings. The number of aryl methyl sites for hydroxylation is 1. The third-order valence-corrected chi connectivity index (χ3v) is 4.13. The van der Waals surface area contributed by atoms with Crippen molar-refractivity contribution in [2.24, 2.45) is 0 Å². The monoisotopic (exact) mass is 434 g/mol. The van der Waals surface area contributed by atoms with E-state index in [1.54, 1.807) is 11.7 Å². The van der Waals surface area contributed by atoms with Gasteiger partial charge in [0.15, 0.2) is 0 Å². The van der Waals surface area contributed by atoms with Gasteiger partial charge < -0.3 is 15.0 Å². The van der Waals surface area contributed by atoms with Crippen LogP contribution < -0.4 is 5.32 Å². The van der Waals surface area contributed by atoms with E-state index in [2.05, 4.69) is 33.0 Å². The molecule has 0 radical (unpaired) electrons. The number of carbonyl (C=O) groups excluding carboxylic acids is 2. The number of alkyl halides is 1. The Kier molecular flexibility index (Phi) is 5.53. The lowest BCUT2D eigenvalue weighted by Crippen LogP contribution is -2.34. The van der Waals surface area contributed by atoms with E-state index in [-0.39, 0.29) is 5.91 Å². The molecular formula is C15H23IN4O3. The molecule has 23 heavy (non-hydrogen) atoms. The quantitative estimate of drug-likeness (QED) is 0.586. The van der Waals surface area contributed by atoms with Crippen LogP contribution in [0.25, 0.3) is 0 Å². The minimum absolute atomic E-state index is 0.126. The molecule has 7 nitrogen and oxygen atoms in total. The normalized spacial score (nSPS) is 14.7. The highest BCUT2D eigenvalue weighted by Crippen LogP contribution is 2.22. The molecule has 1 aromatic heterocycles. The van der Waals surface area contributed by atoms with Crippen LogP contribution in [-0.2, 0) is 22.3 Å². The van der Waals surface area contributed by atoms with Crippen LogP contribution in [0.2, 0.25) is 0 Å². The van der Waals surface area contributed by atoms with Crippen molar-refractivity contribution in [2.75, 3.05) is 13.6 Å². The van der Waals surface area contributed by atoms with Crippen LogP contribution in [0.1, 0.15) is 48.9 Å². The maximum Gasteiger partial charge on any atom is 0.410 e. The maximum absolute atomic E-state index is 12.3. The van der Waals surface area contributed by atoms with Gasteiger partial charge >= 0.3 is 6.09 Å². The van der Waals surface area contributed by atoms with Gasteiger partial charge in [0, 0.05) is 30.1 Å². The van der Waals surface area contributed by atoms with Gasteiger partial charge in [-0.1, -0.05) is 22.6 Å². The van der Waals surface area contributed by atoms with E-state index in [1.165, 1.54) is 4.90 Å². The third-order valence-electron chi connectivity index (χ3n) is 3.41. The van der Waals surface area contributed by atoms with Gasteiger partial charge in [-0.3, -0.25) is 9.48 Å². The Morgan fingerprint density at radius 1 is 1.48 bits per heavy atom. The molecule has 0 atom stereocenters. The predicted molar refractivity (Wildman–Crippen MR) is 94.6 cm³/mol. The van der Waals surface area contributed by atoms with Gasteiger partial charge in [-0.05, 0) is 27.2 Å². The van der Waals surface area contributed by atoms with Crippen LogP contribution in [0, 0.1) is 0 Å². The van der Waals surface area contributed by atoms with Crippen molar-refractivity contribution < 1.29 is 14.3 Å².